The summed E-state index contributed by atoms with van der Waals surface area (Å²) in [5.74, 6) is 0.774. The van der Waals surface area contributed by atoms with Crippen molar-refractivity contribution < 1.29 is 0 Å². The van der Waals surface area contributed by atoms with Crippen molar-refractivity contribution in [2.45, 2.75) is 19.4 Å². The van der Waals surface area contributed by atoms with Crippen molar-refractivity contribution in [1.29, 1.82) is 0 Å². The molecule has 1 unspecified atom stereocenters. The van der Waals surface area contributed by atoms with Crippen molar-refractivity contribution in [3.63, 3.8) is 0 Å². The fraction of sp³-hybridized carbons (Fsp3) is 0.308. The van der Waals surface area contributed by atoms with Gasteiger partial charge in [0.1, 0.15) is 5.82 Å². The molecule has 0 saturated carbocycles. The monoisotopic (exact) mass is 262 g/mol. The van der Waals surface area contributed by atoms with Crippen LogP contribution in [0.15, 0.2) is 30.9 Å². The van der Waals surface area contributed by atoms with Crippen molar-refractivity contribution in [3.8, 4) is 0 Å². The van der Waals surface area contributed by atoms with E-state index in [1.807, 2.05) is 32.4 Å². The zero-order valence-corrected chi connectivity index (χ0v) is 11.1. The number of aryl methyl sites for hydroxylation is 1. The normalized spacial score (nSPS) is 12.4. The molecule has 0 aliphatic rings. The maximum absolute atomic E-state index is 6.11. The highest BCUT2D eigenvalue weighted by Gasteiger charge is 2.14. The molecule has 1 N–H and O–H groups in total. The molecule has 0 saturated heterocycles. The van der Waals surface area contributed by atoms with Gasteiger partial charge in [0.15, 0.2) is 0 Å². The van der Waals surface area contributed by atoms with Crippen LogP contribution in [0.2, 0.25) is 5.02 Å². The van der Waals surface area contributed by atoms with Crippen LogP contribution >= 0.6 is 11.6 Å². The van der Waals surface area contributed by atoms with Gasteiger partial charge in [0.05, 0.1) is 11.1 Å². The molecule has 0 aliphatic heterocycles. The molecule has 0 radical (unpaired) electrons. The molecular formula is C13H15ClN4. The second kappa shape index (κ2) is 5.89. The van der Waals surface area contributed by atoms with E-state index >= 15 is 0 Å². The van der Waals surface area contributed by atoms with E-state index in [9.17, 15) is 0 Å². The van der Waals surface area contributed by atoms with Crippen LogP contribution in [0.1, 0.15) is 23.0 Å². The van der Waals surface area contributed by atoms with Crippen LogP contribution in [0.3, 0.4) is 0 Å². The summed E-state index contributed by atoms with van der Waals surface area (Å²) in [6.45, 7) is 1.97. The second-order valence-electron chi connectivity index (χ2n) is 4.13. The molecule has 0 bridgehead atoms. The molecule has 2 aromatic rings. The number of nitrogens with one attached hydrogen (secondary N) is 1. The Bertz CT molecular complexity index is 513. The number of aromatic nitrogens is 3. The molecule has 1 atom stereocenters. The summed E-state index contributed by atoms with van der Waals surface area (Å²) >= 11 is 6.11. The van der Waals surface area contributed by atoms with Crippen molar-refractivity contribution in [2.24, 2.45) is 0 Å². The number of pyridine rings is 1. The number of halogens is 1. The Morgan fingerprint density at radius 3 is 2.61 bits per heavy atom. The molecule has 5 heteroatoms. The third-order valence-electron chi connectivity index (χ3n) is 2.74. The van der Waals surface area contributed by atoms with Crippen LogP contribution < -0.4 is 5.32 Å². The third-order valence-corrected chi connectivity index (χ3v) is 3.08. The van der Waals surface area contributed by atoms with Crippen molar-refractivity contribution in [2.75, 3.05) is 7.05 Å². The van der Waals surface area contributed by atoms with Crippen LogP contribution in [0.25, 0.3) is 0 Å². The minimum absolute atomic E-state index is 0.0468. The first kappa shape index (κ1) is 12.9. The lowest BCUT2D eigenvalue weighted by Crippen LogP contribution is -2.21. The van der Waals surface area contributed by atoms with Crippen molar-refractivity contribution in [1.82, 2.24) is 20.3 Å². The molecule has 2 aromatic heterocycles. The molecule has 0 amide bonds. The van der Waals surface area contributed by atoms with E-state index in [-0.39, 0.29) is 6.04 Å². The van der Waals surface area contributed by atoms with E-state index in [1.54, 1.807) is 12.4 Å². The predicted octanol–water partition coefficient (Wildman–Crippen LogP) is 2.34. The van der Waals surface area contributed by atoms with Crippen LogP contribution in [-0.2, 0) is 6.42 Å². The highest BCUT2D eigenvalue weighted by atomic mass is 35.5. The van der Waals surface area contributed by atoms with Gasteiger partial charge in [-0.2, -0.15) is 0 Å². The van der Waals surface area contributed by atoms with E-state index in [1.165, 1.54) is 0 Å². The largest absolute Gasteiger partial charge is 0.310 e. The second-order valence-corrected chi connectivity index (χ2v) is 4.54. The molecular weight excluding hydrogens is 248 g/mol. The zero-order chi connectivity index (χ0) is 13.0. The summed E-state index contributed by atoms with van der Waals surface area (Å²) in [6.07, 6.45) is 7.77. The summed E-state index contributed by atoms with van der Waals surface area (Å²) in [4.78, 5) is 12.7. The third kappa shape index (κ3) is 3.03. The summed E-state index contributed by atoms with van der Waals surface area (Å²) in [6, 6.07) is 1.96. The first-order valence-corrected chi connectivity index (χ1v) is 6.12. The molecule has 2 rings (SSSR count). The highest BCUT2D eigenvalue weighted by Crippen LogP contribution is 2.20. The van der Waals surface area contributed by atoms with Gasteiger partial charge in [0, 0.05) is 24.8 Å². The predicted molar refractivity (Wildman–Crippen MR) is 71.5 cm³/mol. The fourth-order valence-electron chi connectivity index (χ4n) is 1.69. The number of nitrogens with zero attached hydrogens (tertiary/aromatic N) is 3. The highest BCUT2D eigenvalue weighted by molar-refractivity contribution is 6.31. The number of likely N-dealkylation sites (N-methyl/N-ethyl adjacent to an activating group) is 1. The van der Waals surface area contributed by atoms with Crippen LogP contribution in [0.5, 0.6) is 0 Å². The Morgan fingerprint density at radius 2 is 2.00 bits per heavy atom. The van der Waals surface area contributed by atoms with Gasteiger partial charge in [-0.15, -0.1) is 0 Å². The summed E-state index contributed by atoms with van der Waals surface area (Å²) < 4.78 is 0. The van der Waals surface area contributed by atoms with E-state index in [0.717, 1.165) is 23.4 Å². The topological polar surface area (TPSA) is 50.7 Å². The molecule has 2 heterocycles. The van der Waals surface area contributed by atoms with Crippen molar-refractivity contribution in [3.05, 3.63) is 52.8 Å². The Balaban J connectivity index is 2.20. The Morgan fingerprint density at radius 1 is 1.28 bits per heavy atom. The van der Waals surface area contributed by atoms with E-state index in [2.05, 4.69) is 20.3 Å². The average molecular weight is 263 g/mol. The van der Waals surface area contributed by atoms with Gasteiger partial charge in [0.2, 0.25) is 0 Å². The van der Waals surface area contributed by atoms with Crippen LogP contribution in [0, 0.1) is 6.92 Å². The number of hydrogen-bond acceptors (Lipinski definition) is 4. The Kier molecular flexibility index (Phi) is 4.23. The van der Waals surface area contributed by atoms with Gasteiger partial charge in [-0.25, -0.2) is 9.97 Å². The fourth-order valence-corrected chi connectivity index (χ4v) is 1.89. The van der Waals surface area contributed by atoms with E-state index in [4.69, 9.17) is 11.6 Å². The Labute approximate surface area is 111 Å². The van der Waals surface area contributed by atoms with Gasteiger partial charge in [-0.05, 0) is 37.6 Å². The molecule has 18 heavy (non-hydrogen) atoms. The minimum Gasteiger partial charge on any atom is -0.310 e. The summed E-state index contributed by atoms with van der Waals surface area (Å²) in [5.41, 5.74) is 2.09. The smallest absolute Gasteiger partial charge is 0.145 e. The Hall–Kier alpha value is -1.52. The summed E-state index contributed by atoms with van der Waals surface area (Å²) in [5, 5.41) is 3.88. The van der Waals surface area contributed by atoms with Gasteiger partial charge in [0.25, 0.3) is 0 Å². The quantitative estimate of drug-likeness (QED) is 0.919. The lowest BCUT2D eigenvalue weighted by molar-refractivity contribution is 0.556. The van der Waals surface area contributed by atoms with Gasteiger partial charge in [-0.3, -0.25) is 4.98 Å². The van der Waals surface area contributed by atoms with E-state index in [0.29, 0.717) is 5.02 Å². The number of hydrogen-bond donors (Lipinski definition) is 1. The zero-order valence-electron chi connectivity index (χ0n) is 10.4. The van der Waals surface area contributed by atoms with Gasteiger partial charge >= 0.3 is 0 Å². The first-order valence-electron chi connectivity index (χ1n) is 5.75. The van der Waals surface area contributed by atoms with Gasteiger partial charge in [-0.1, -0.05) is 11.6 Å². The number of rotatable bonds is 4. The molecule has 94 valence electrons. The first-order chi connectivity index (χ1) is 8.70. The SMILES string of the molecule is CNC(Cc1ccncc1Cl)c1ncc(C)cn1. The minimum atomic E-state index is 0.0468. The summed E-state index contributed by atoms with van der Waals surface area (Å²) in [7, 11) is 1.89. The van der Waals surface area contributed by atoms with E-state index < -0.39 is 0 Å². The maximum Gasteiger partial charge on any atom is 0.145 e. The van der Waals surface area contributed by atoms with Gasteiger partial charge < -0.3 is 5.32 Å². The lowest BCUT2D eigenvalue weighted by atomic mass is 10.1. The van der Waals surface area contributed by atoms with Crippen LogP contribution in [0.4, 0.5) is 0 Å². The lowest BCUT2D eigenvalue weighted by Gasteiger charge is -2.15. The average Bonchev–Trinajstić information content (AvgIpc) is 2.39. The molecule has 0 fully saturated rings. The molecule has 0 aromatic carbocycles. The molecule has 4 nitrogen and oxygen atoms in total. The molecule has 0 aliphatic carbocycles. The maximum atomic E-state index is 6.11. The standard InChI is InChI=1S/C13H15ClN4/c1-9-6-17-13(18-7-9)12(15-2)5-10-3-4-16-8-11(10)14/h3-4,6-8,12,15H,5H2,1-2H3. The van der Waals surface area contributed by atoms with Crippen LogP contribution in [-0.4, -0.2) is 22.0 Å². The molecule has 0 spiro atoms. The van der Waals surface area contributed by atoms with Crippen molar-refractivity contribution >= 4 is 11.6 Å².